The van der Waals surface area contributed by atoms with Gasteiger partial charge in [0, 0.05) is 50.8 Å². The van der Waals surface area contributed by atoms with Crippen LogP contribution < -0.4 is 4.90 Å². The molecule has 4 rings (SSSR count). The van der Waals surface area contributed by atoms with Gasteiger partial charge in [-0.3, -0.25) is 14.6 Å². The topological polar surface area (TPSA) is 56.8 Å². The van der Waals surface area contributed by atoms with E-state index in [1.807, 2.05) is 23.1 Å². The van der Waals surface area contributed by atoms with E-state index in [1.54, 1.807) is 23.4 Å². The maximum atomic E-state index is 13.0. The van der Waals surface area contributed by atoms with Gasteiger partial charge in [0.1, 0.15) is 0 Å². The summed E-state index contributed by atoms with van der Waals surface area (Å²) < 4.78 is 0. The molecule has 140 valence electrons. The van der Waals surface area contributed by atoms with Gasteiger partial charge in [0.05, 0.1) is 11.1 Å². The van der Waals surface area contributed by atoms with E-state index in [2.05, 4.69) is 22.9 Å². The molecular formula is C21H24N4O2. The molecule has 0 unspecified atom stereocenters. The number of fused-ring (bicyclic) bond motifs is 1. The molecule has 1 fully saturated rings. The lowest BCUT2D eigenvalue weighted by atomic mass is 10.1. The maximum Gasteiger partial charge on any atom is 0.259 e. The number of hydrogen-bond donors (Lipinski definition) is 0. The molecule has 0 bridgehead atoms. The van der Waals surface area contributed by atoms with E-state index in [0.29, 0.717) is 30.8 Å². The van der Waals surface area contributed by atoms with Crippen LogP contribution in [0.1, 0.15) is 33.2 Å². The summed E-state index contributed by atoms with van der Waals surface area (Å²) in [5, 5.41) is 0. The van der Waals surface area contributed by atoms with Crippen LogP contribution in [0.15, 0.2) is 42.7 Å². The predicted molar refractivity (Wildman–Crippen MR) is 104 cm³/mol. The first-order chi connectivity index (χ1) is 13.2. The van der Waals surface area contributed by atoms with Crippen LogP contribution in [0.25, 0.3) is 0 Å². The summed E-state index contributed by atoms with van der Waals surface area (Å²) in [6.07, 6.45) is 3.97. The quantitative estimate of drug-likeness (QED) is 0.837. The zero-order valence-electron chi connectivity index (χ0n) is 15.6. The molecule has 0 aliphatic carbocycles. The molecule has 3 heterocycles. The second-order valence-electron chi connectivity index (χ2n) is 7.02. The number of carbonyl (C=O) groups is 2. The van der Waals surface area contributed by atoms with Crippen molar-refractivity contribution in [2.24, 2.45) is 0 Å². The number of aromatic nitrogens is 1. The lowest BCUT2D eigenvalue weighted by Crippen LogP contribution is -2.48. The molecular weight excluding hydrogens is 340 g/mol. The number of pyridine rings is 1. The zero-order valence-corrected chi connectivity index (χ0v) is 15.6. The van der Waals surface area contributed by atoms with Crippen molar-refractivity contribution in [3.63, 3.8) is 0 Å². The first-order valence-corrected chi connectivity index (χ1v) is 9.54. The lowest BCUT2D eigenvalue weighted by molar-refractivity contribution is 0.0643. The number of carbonyl (C=O) groups excluding carboxylic acids is 2. The van der Waals surface area contributed by atoms with E-state index in [4.69, 9.17) is 0 Å². The van der Waals surface area contributed by atoms with Crippen molar-refractivity contribution in [2.75, 3.05) is 44.2 Å². The third-order valence-corrected chi connectivity index (χ3v) is 5.47. The first kappa shape index (κ1) is 17.7. The van der Waals surface area contributed by atoms with Gasteiger partial charge in [-0.25, -0.2) is 0 Å². The van der Waals surface area contributed by atoms with E-state index in [-0.39, 0.29) is 11.8 Å². The minimum absolute atomic E-state index is 0.0466. The third-order valence-electron chi connectivity index (χ3n) is 5.47. The molecule has 6 heteroatoms. The monoisotopic (exact) mass is 364 g/mol. The van der Waals surface area contributed by atoms with Crippen molar-refractivity contribution < 1.29 is 9.59 Å². The van der Waals surface area contributed by atoms with Gasteiger partial charge >= 0.3 is 0 Å². The van der Waals surface area contributed by atoms with E-state index in [1.165, 1.54) is 5.56 Å². The van der Waals surface area contributed by atoms with Crippen LogP contribution in [0.4, 0.5) is 5.69 Å². The van der Waals surface area contributed by atoms with Crippen molar-refractivity contribution >= 4 is 17.5 Å². The minimum atomic E-state index is -0.0992. The molecule has 0 N–H and O–H groups in total. The normalized spacial score (nSPS) is 17.1. The fourth-order valence-electron chi connectivity index (χ4n) is 3.83. The molecule has 27 heavy (non-hydrogen) atoms. The Kier molecular flexibility index (Phi) is 4.90. The van der Waals surface area contributed by atoms with Gasteiger partial charge in [-0.15, -0.1) is 0 Å². The number of likely N-dealkylation sites (N-methyl/N-ethyl adjacent to an activating group) is 1. The third kappa shape index (κ3) is 3.45. The summed E-state index contributed by atoms with van der Waals surface area (Å²) in [6, 6.07) is 9.64. The van der Waals surface area contributed by atoms with Crippen molar-refractivity contribution in [2.45, 2.75) is 13.3 Å². The Morgan fingerprint density at radius 3 is 2.41 bits per heavy atom. The summed E-state index contributed by atoms with van der Waals surface area (Å²) in [5.74, 6) is -0.146. The average Bonchev–Trinajstić information content (AvgIpc) is 3.17. The van der Waals surface area contributed by atoms with E-state index in [0.717, 1.165) is 31.7 Å². The molecule has 0 atom stereocenters. The number of hydrogen-bond acceptors (Lipinski definition) is 4. The number of benzene rings is 1. The second-order valence-corrected chi connectivity index (χ2v) is 7.02. The van der Waals surface area contributed by atoms with Crippen LogP contribution >= 0.6 is 0 Å². The molecule has 2 aliphatic heterocycles. The largest absolute Gasteiger partial charge is 0.336 e. The van der Waals surface area contributed by atoms with Crippen molar-refractivity contribution in [3.05, 3.63) is 59.4 Å². The van der Waals surface area contributed by atoms with Crippen molar-refractivity contribution in [3.8, 4) is 0 Å². The van der Waals surface area contributed by atoms with Gasteiger partial charge in [0.15, 0.2) is 0 Å². The SMILES string of the molecule is CCN1CCN(C(=O)c2cncc(C(=O)N3CCc4ccccc43)c2)CC1. The number of amides is 2. The van der Waals surface area contributed by atoms with Crippen LogP contribution in [0.5, 0.6) is 0 Å². The van der Waals surface area contributed by atoms with E-state index in [9.17, 15) is 9.59 Å². The Hall–Kier alpha value is -2.73. The van der Waals surface area contributed by atoms with Crippen molar-refractivity contribution in [1.82, 2.24) is 14.8 Å². The molecule has 2 aliphatic rings. The number of piperazine rings is 1. The predicted octanol–water partition coefficient (Wildman–Crippen LogP) is 2.06. The number of para-hydroxylation sites is 1. The fraction of sp³-hybridized carbons (Fsp3) is 0.381. The Morgan fingerprint density at radius 2 is 1.67 bits per heavy atom. The van der Waals surface area contributed by atoms with Gasteiger partial charge in [-0.05, 0) is 30.7 Å². The minimum Gasteiger partial charge on any atom is -0.336 e. The van der Waals surface area contributed by atoms with Crippen LogP contribution in [-0.4, -0.2) is 65.9 Å². The molecule has 0 saturated carbocycles. The summed E-state index contributed by atoms with van der Waals surface area (Å²) >= 11 is 0. The summed E-state index contributed by atoms with van der Waals surface area (Å²) in [5.41, 5.74) is 3.08. The molecule has 1 aromatic carbocycles. The highest BCUT2D eigenvalue weighted by molar-refractivity contribution is 6.08. The summed E-state index contributed by atoms with van der Waals surface area (Å²) in [4.78, 5) is 36.0. The van der Waals surface area contributed by atoms with Gasteiger partial charge < -0.3 is 14.7 Å². The smallest absolute Gasteiger partial charge is 0.259 e. The van der Waals surface area contributed by atoms with E-state index >= 15 is 0 Å². The fourth-order valence-corrected chi connectivity index (χ4v) is 3.83. The second kappa shape index (κ2) is 7.48. The summed E-state index contributed by atoms with van der Waals surface area (Å²) in [7, 11) is 0. The molecule has 0 radical (unpaired) electrons. The van der Waals surface area contributed by atoms with Crippen LogP contribution in [0.2, 0.25) is 0 Å². The number of rotatable bonds is 3. The molecule has 2 amide bonds. The van der Waals surface area contributed by atoms with Gasteiger partial charge in [-0.2, -0.15) is 0 Å². The van der Waals surface area contributed by atoms with Crippen LogP contribution in [0.3, 0.4) is 0 Å². The molecule has 0 spiro atoms. The van der Waals surface area contributed by atoms with Gasteiger partial charge in [-0.1, -0.05) is 25.1 Å². The van der Waals surface area contributed by atoms with Gasteiger partial charge in [0.2, 0.25) is 0 Å². The Balaban J connectivity index is 1.51. The Morgan fingerprint density at radius 1 is 0.963 bits per heavy atom. The average molecular weight is 364 g/mol. The molecule has 1 saturated heterocycles. The Bertz CT molecular complexity index is 859. The van der Waals surface area contributed by atoms with Crippen molar-refractivity contribution in [1.29, 1.82) is 0 Å². The molecule has 2 aromatic rings. The molecule has 1 aromatic heterocycles. The number of nitrogens with zero attached hydrogens (tertiary/aromatic N) is 4. The zero-order chi connectivity index (χ0) is 18.8. The van der Waals surface area contributed by atoms with Gasteiger partial charge in [0.25, 0.3) is 11.8 Å². The Labute approximate surface area is 159 Å². The lowest BCUT2D eigenvalue weighted by Gasteiger charge is -2.34. The van der Waals surface area contributed by atoms with Crippen LogP contribution in [-0.2, 0) is 6.42 Å². The van der Waals surface area contributed by atoms with E-state index < -0.39 is 0 Å². The maximum absolute atomic E-state index is 13.0. The first-order valence-electron chi connectivity index (χ1n) is 9.54. The highest BCUT2D eigenvalue weighted by atomic mass is 16.2. The standard InChI is InChI=1S/C21H24N4O2/c1-2-23-9-11-24(12-10-23)20(26)17-13-18(15-22-14-17)21(27)25-8-7-16-5-3-4-6-19(16)25/h3-6,13-15H,2,7-12H2,1H3. The molecule has 6 nitrogen and oxygen atoms in total. The summed E-state index contributed by atoms with van der Waals surface area (Å²) in [6.45, 7) is 7.00. The van der Waals surface area contributed by atoms with Crippen LogP contribution in [0, 0.1) is 0 Å². The number of anilines is 1. The highest BCUT2D eigenvalue weighted by Gasteiger charge is 2.27. The highest BCUT2D eigenvalue weighted by Crippen LogP contribution is 2.28.